The Hall–Kier alpha value is -1.90. The van der Waals surface area contributed by atoms with E-state index in [1.54, 1.807) is 7.11 Å². The van der Waals surface area contributed by atoms with Crippen LogP contribution in [-0.2, 0) is 0 Å². The van der Waals surface area contributed by atoms with E-state index in [-0.39, 0.29) is 0 Å². The number of methoxy groups -OCH3 is 1. The smallest absolute Gasteiger partial charge is 0.193 e. The summed E-state index contributed by atoms with van der Waals surface area (Å²) in [5.74, 6) is 1.25. The van der Waals surface area contributed by atoms with E-state index in [4.69, 9.17) is 4.74 Å². The summed E-state index contributed by atoms with van der Waals surface area (Å²) in [6, 6.07) is 7.81. The summed E-state index contributed by atoms with van der Waals surface area (Å²) in [4.78, 5) is 0. The monoisotopic (exact) mass is 268 g/mol. The minimum Gasteiger partial charge on any atom is -0.508 e. The van der Waals surface area contributed by atoms with Crippen LogP contribution < -0.4 is 15.7 Å². The van der Waals surface area contributed by atoms with Crippen LogP contribution in [0.1, 0.15) is 22.3 Å². The second-order valence-corrected chi connectivity index (χ2v) is 5.47. The number of phenolic OH excluding ortho intramolecular Hbond substituents is 1. The fourth-order valence-corrected chi connectivity index (χ4v) is 2.78. The summed E-state index contributed by atoms with van der Waals surface area (Å²) in [6.45, 7) is 8.35. The van der Waals surface area contributed by atoms with Crippen molar-refractivity contribution in [2.75, 3.05) is 7.11 Å². The summed E-state index contributed by atoms with van der Waals surface area (Å²) in [5.41, 5.74) is 7.39. The maximum atomic E-state index is 9.65. The normalized spacial score (nSPS) is 10.4. The number of hydrogen-bond acceptors (Lipinski definition) is 2. The topological polar surface area (TPSA) is 29.5 Å². The third kappa shape index (κ3) is 2.82. The molecule has 0 aliphatic rings. The molecule has 0 radical (unpaired) electrons. The summed E-state index contributed by atoms with van der Waals surface area (Å²) in [5, 5.41) is 9.65. The largest absolute Gasteiger partial charge is 0.508 e. The predicted octanol–water partition coefficient (Wildman–Crippen LogP) is 2.02. The molecule has 0 amide bonds. The van der Waals surface area contributed by atoms with Gasteiger partial charge >= 0.3 is 0 Å². The zero-order valence-corrected chi connectivity index (χ0v) is 12.9. The number of phenols is 1. The van der Waals surface area contributed by atoms with Gasteiger partial charge in [-0.05, 0) is 52.0 Å². The first-order chi connectivity index (χ1) is 9.42. The van der Waals surface area contributed by atoms with Crippen molar-refractivity contribution in [3.8, 4) is 11.5 Å². The van der Waals surface area contributed by atoms with Crippen LogP contribution in [-0.4, -0.2) is 19.5 Å². The average Bonchev–Trinajstić information content (AvgIpc) is 2.35. The molecule has 0 unspecified atom stereocenters. The molecule has 0 atom stereocenters. The molecule has 0 aliphatic carbocycles. The van der Waals surface area contributed by atoms with Crippen molar-refractivity contribution in [3.63, 3.8) is 0 Å². The maximum absolute atomic E-state index is 9.65. The van der Waals surface area contributed by atoms with Gasteiger partial charge in [0.1, 0.15) is 11.5 Å². The first kappa shape index (κ1) is 14.5. The van der Waals surface area contributed by atoms with E-state index < -0.39 is 0 Å². The highest BCUT2D eigenvalue weighted by Crippen LogP contribution is 2.15. The first-order valence-electron chi connectivity index (χ1n) is 6.85. The summed E-state index contributed by atoms with van der Waals surface area (Å²) in [6.07, 6.45) is 0. The van der Waals surface area contributed by atoms with Crippen LogP contribution in [0.5, 0.6) is 11.5 Å². The highest BCUT2D eigenvalue weighted by molar-refractivity contribution is 6.69. The molecule has 0 aliphatic heterocycles. The summed E-state index contributed by atoms with van der Waals surface area (Å²) < 4.78 is 5.31. The highest BCUT2D eigenvalue weighted by atomic mass is 16.5. The number of rotatable bonds is 3. The van der Waals surface area contributed by atoms with Gasteiger partial charge in [-0.3, -0.25) is 0 Å². The van der Waals surface area contributed by atoms with Crippen molar-refractivity contribution in [1.82, 2.24) is 0 Å². The standard InChI is InChI=1S/C17H21BO2/c1-10-6-14(19)7-11(2)16(10)18-17-12(3)8-15(20-5)9-13(17)4/h6-9,18-19H,1-5H3. The third-order valence-electron chi connectivity index (χ3n) is 3.94. The zero-order valence-electron chi connectivity index (χ0n) is 12.9. The zero-order chi connectivity index (χ0) is 14.9. The minimum atomic E-state index is 0.340. The van der Waals surface area contributed by atoms with E-state index in [9.17, 15) is 5.11 Å². The lowest BCUT2D eigenvalue weighted by atomic mass is 9.58. The van der Waals surface area contributed by atoms with Gasteiger partial charge in [-0.25, -0.2) is 0 Å². The van der Waals surface area contributed by atoms with Crippen LogP contribution in [0, 0.1) is 27.7 Å². The first-order valence-corrected chi connectivity index (χ1v) is 6.85. The molecular formula is C17H21BO2. The van der Waals surface area contributed by atoms with Gasteiger partial charge in [0.25, 0.3) is 0 Å². The second-order valence-electron chi connectivity index (χ2n) is 5.47. The Kier molecular flexibility index (Phi) is 4.08. The Morgan fingerprint density at radius 3 is 1.60 bits per heavy atom. The number of benzene rings is 2. The van der Waals surface area contributed by atoms with Crippen molar-refractivity contribution >= 4 is 18.2 Å². The lowest BCUT2D eigenvalue weighted by Crippen LogP contribution is -2.34. The minimum absolute atomic E-state index is 0.340. The lowest BCUT2D eigenvalue weighted by Gasteiger charge is -2.15. The Bertz CT molecular complexity index is 601. The van der Waals surface area contributed by atoms with Crippen LogP contribution in [0.2, 0.25) is 0 Å². The van der Waals surface area contributed by atoms with E-state index in [2.05, 4.69) is 39.8 Å². The van der Waals surface area contributed by atoms with Gasteiger partial charge < -0.3 is 9.84 Å². The fourth-order valence-electron chi connectivity index (χ4n) is 2.78. The number of hydrogen-bond donors (Lipinski definition) is 1. The molecule has 0 saturated carbocycles. The van der Waals surface area contributed by atoms with Gasteiger partial charge in [0, 0.05) is 0 Å². The molecule has 0 heterocycles. The molecule has 2 aromatic rings. The molecule has 104 valence electrons. The highest BCUT2D eigenvalue weighted by Gasteiger charge is 2.12. The molecule has 1 N–H and O–H groups in total. The van der Waals surface area contributed by atoms with Gasteiger partial charge in [-0.15, -0.1) is 0 Å². The van der Waals surface area contributed by atoms with Crippen LogP contribution in [0.25, 0.3) is 0 Å². The number of ether oxygens (including phenoxy) is 1. The van der Waals surface area contributed by atoms with Crippen LogP contribution in [0.3, 0.4) is 0 Å². The van der Waals surface area contributed by atoms with E-state index in [1.165, 1.54) is 22.1 Å². The van der Waals surface area contributed by atoms with Gasteiger partial charge in [-0.1, -0.05) is 33.2 Å². The Labute approximate surface area is 121 Å². The van der Waals surface area contributed by atoms with E-state index in [1.807, 2.05) is 12.1 Å². The van der Waals surface area contributed by atoms with Crippen LogP contribution >= 0.6 is 0 Å². The molecule has 0 spiro atoms. The fraction of sp³-hybridized carbons (Fsp3) is 0.294. The SMILES string of the molecule is COc1cc(C)c(Bc2c(C)cc(O)cc2C)c(C)c1. The van der Waals surface area contributed by atoms with Gasteiger partial charge in [0.05, 0.1) is 7.11 Å². The quantitative estimate of drug-likeness (QED) is 0.863. The van der Waals surface area contributed by atoms with Crippen molar-refractivity contribution in [3.05, 3.63) is 46.5 Å². The lowest BCUT2D eigenvalue weighted by molar-refractivity contribution is 0.414. The van der Waals surface area contributed by atoms with Crippen molar-refractivity contribution in [1.29, 1.82) is 0 Å². The number of aryl methyl sites for hydroxylation is 4. The molecule has 2 aromatic carbocycles. The van der Waals surface area contributed by atoms with Crippen LogP contribution in [0.4, 0.5) is 0 Å². The Balaban J connectivity index is 2.45. The van der Waals surface area contributed by atoms with E-state index in [0.29, 0.717) is 5.75 Å². The molecule has 20 heavy (non-hydrogen) atoms. The molecule has 0 saturated heterocycles. The van der Waals surface area contributed by atoms with Gasteiger partial charge in [-0.2, -0.15) is 0 Å². The van der Waals surface area contributed by atoms with Crippen LogP contribution in [0.15, 0.2) is 24.3 Å². The van der Waals surface area contributed by atoms with E-state index >= 15 is 0 Å². The Morgan fingerprint density at radius 1 is 0.800 bits per heavy atom. The summed E-state index contributed by atoms with van der Waals surface area (Å²) in [7, 11) is 2.59. The maximum Gasteiger partial charge on any atom is 0.193 e. The Morgan fingerprint density at radius 2 is 1.20 bits per heavy atom. The van der Waals surface area contributed by atoms with Crippen molar-refractivity contribution < 1.29 is 9.84 Å². The second kappa shape index (κ2) is 5.62. The molecule has 2 nitrogen and oxygen atoms in total. The van der Waals surface area contributed by atoms with Gasteiger partial charge in [0.2, 0.25) is 0 Å². The molecule has 3 heteroatoms. The van der Waals surface area contributed by atoms with Crippen molar-refractivity contribution in [2.24, 2.45) is 0 Å². The average molecular weight is 268 g/mol. The molecule has 0 aromatic heterocycles. The summed E-state index contributed by atoms with van der Waals surface area (Å²) >= 11 is 0. The molecule has 0 bridgehead atoms. The van der Waals surface area contributed by atoms with Gasteiger partial charge in [0.15, 0.2) is 7.28 Å². The van der Waals surface area contributed by atoms with Crippen molar-refractivity contribution in [2.45, 2.75) is 27.7 Å². The molecular weight excluding hydrogens is 247 g/mol. The number of aromatic hydroxyl groups is 1. The molecule has 0 fully saturated rings. The van der Waals surface area contributed by atoms with E-state index in [0.717, 1.165) is 24.2 Å². The predicted molar refractivity (Wildman–Crippen MR) is 86.5 cm³/mol. The molecule has 2 rings (SSSR count). The third-order valence-corrected chi connectivity index (χ3v) is 3.94.